The summed E-state index contributed by atoms with van der Waals surface area (Å²) in [4.78, 5) is 39.8. The van der Waals surface area contributed by atoms with Crippen LogP contribution < -0.4 is 10.1 Å². The van der Waals surface area contributed by atoms with Gasteiger partial charge in [-0.1, -0.05) is 11.8 Å². The first-order valence-corrected chi connectivity index (χ1v) is 12.1. The summed E-state index contributed by atoms with van der Waals surface area (Å²) in [6.07, 6.45) is 3.18. The number of carbonyl (C=O) groups excluding carboxylic acids is 2. The number of benzene rings is 1. The Kier molecular flexibility index (Phi) is 7.05. The van der Waals surface area contributed by atoms with Gasteiger partial charge in [0.05, 0.1) is 42.3 Å². The van der Waals surface area contributed by atoms with Crippen molar-refractivity contribution in [1.29, 1.82) is 0 Å². The van der Waals surface area contributed by atoms with Crippen LogP contribution in [0.2, 0.25) is 0 Å². The molecule has 0 spiro atoms. The number of thiophene rings is 1. The number of hydrogen-bond donors (Lipinski definition) is 1. The van der Waals surface area contributed by atoms with Gasteiger partial charge in [-0.3, -0.25) is 9.59 Å². The minimum atomic E-state index is -0.187. The van der Waals surface area contributed by atoms with E-state index in [4.69, 9.17) is 4.74 Å². The zero-order valence-corrected chi connectivity index (χ0v) is 20.1. The van der Waals surface area contributed by atoms with E-state index in [9.17, 15) is 9.59 Å². The number of hydrogen-bond acceptors (Lipinski definition) is 8. The van der Waals surface area contributed by atoms with Crippen LogP contribution in [0.4, 0.5) is 0 Å². The number of aryl methyl sites for hydroxylation is 2. The molecule has 0 unspecified atom stereocenters. The Morgan fingerprint density at radius 2 is 2.06 bits per heavy atom. The third-order valence-electron chi connectivity index (χ3n) is 4.96. The standard InChI is InChI=1S/C23H23N5O3S2/c1-4-28-13-24-11-19(28)22(30)25-10-16-6-8-21(33-16)20(29)12-32-23-17-9-15(31-3)5-7-18(17)26-14(2)27-23/h5-9,11,13H,4,10,12H2,1-3H3,(H,25,30). The van der Waals surface area contributed by atoms with E-state index < -0.39 is 0 Å². The molecule has 0 aliphatic rings. The highest BCUT2D eigenvalue weighted by Crippen LogP contribution is 2.29. The van der Waals surface area contributed by atoms with Gasteiger partial charge in [-0.25, -0.2) is 15.0 Å². The lowest BCUT2D eigenvalue weighted by molar-refractivity contribution is 0.0941. The number of ketones is 1. The van der Waals surface area contributed by atoms with Crippen molar-refractivity contribution < 1.29 is 14.3 Å². The molecule has 0 aliphatic carbocycles. The summed E-state index contributed by atoms with van der Waals surface area (Å²) in [5.41, 5.74) is 1.34. The van der Waals surface area contributed by atoms with E-state index in [0.29, 0.717) is 29.5 Å². The van der Waals surface area contributed by atoms with E-state index in [1.54, 1.807) is 30.3 Å². The van der Waals surface area contributed by atoms with E-state index in [0.717, 1.165) is 26.6 Å². The van der Waals surface area contributed by atoms with E-state index >= 15 is 0 Å². The van der Waals surface area contributed by atoms with Crippen molar-refractivity contribution in [2.45, 2.75) is 32.0 Å². The summed E-state index contributed by atoms with van der Waals surface area (Å²) in [7, 11) is 1.61. The summed E-state index contributed by atoms with van der Waals surface area (Å²) in [5.74, 6) is 1.45. The maximum absolute atomic E-state index is 12.8. The Labute approximate surface area is 199 Å². The average molecular weight is 482 g/mol. The van der Waals surface area contributed by atoms with Crippen LogP contribution in [0.25, 0.3) is 10.9 Å². The maximum Gasteiger partial charge on any atom is 0.269 e. The monoisotopic (exact) mass is 481 g/mol. The Morgan fingerprint density at radius 1 is 1.21 bits per heavy atom. The Hall–Kier alpha value is -3.24. The molecule has 3 aromatic heterocycles. The number of thioether (sulfide) groups is 1. The van der Waals surface area contributed by atoms with Gasteiger partial charge in [0.1, 0.15) is 22.3 Å². The van der Waals surface area contributed by atoms with Gasteiger partial charge >= 0.3 is 0 Å². The summed E-state index contributed by atoms with van der Waals surface area (Å²) in [5, 5.41) is 4.50. The molecule has 0 saturated heterocycles. The summed E-state index contributed by atoms with van der Waals surface area (Å²) in [6.45, 7) is 4.82. The third-order valence-corrected chi connectivity index (χ3v) is 7.08. The molecule has 0 atom stereocenters. The third kappa shape index (κ3) is 5.23. The van der Waals surface area contributed by atoms with Crippen LogP contribution in [0.1, 0.15) is 37.8 Å². The number of aromatic nitrogens is 4. The lowest BCUT2D eigenvalue weighted by Crippen LogP contribution is -2.24. The molecule has 0 fully saturated rings. The normalized spacial score (nSPS) is 11.0. The van der Waals surface area contributed by atoms with Crippen molar-refractivity contribution >= 4 is 45.7 Å². The maximum atomic E-state index is 12.8. The van der Waals surface area contributed by atoms with Gasteiger partial charge in [0, 0.05) is 16.8 Å². The molecule has 0 bridgehead atoms. The Balaban J connectivity index is 1.40. The average Bonchev–Trinajstić information content (AvgIpc) is 3.50. The molecule has 0 saturated carbocycles. The van der Waals surface area contributed by atoms with Crippen LogP contribution in [0, 0.1) is 6.92 Å². The number of nitrogens with zero attached hydrogens (tertiary/aromatic N) is 4. The van der Waals surface area contributed by atoms with Crippen LogP contribution in [-0.4, -0.2) is 44.1 Å². The van der Waals surface area contributed by atoms with Crippen molar-refractivity contribution in [3.05, 3.63) is 64.1 Å². The summed E-state index contributed by atoms with van der Waals surface area (Å²) < 4.78 is 7.10. The number of ether oxygens (including phenoxy) is 1. The molecule has 1 aromatic carbocycles. The number of amides is 1. The highest BCUT2D eigenvalue weighted by atomic mass is 32.2. The zero-order valence-electron chi connectivity index (χ0n) is 18.5. The fraction of sp³-hybridized carbons (Fsp3) is 0.261. The largest absolute Gasteiger partial charge is 0.497 e. The SMILES string of the molecule is CCn1cncc1C(=O)NCc1ccc(C(=O)CSc2nc(C)nc3ccc(OC)cc23)s1. The highest BCUT2D eigenvalue weighted by molar-refractivity contribution is 8.00. The van der Waals surface area contributed by atoms with Crippen molar-refractivity contribution in [3.8, 4) is 5.75 Å². The van der Waals surface area contributed by atoms with Crippen molar-refractivity contribution in [3.63, 3.8) is 0 Å². The first-order valence-electron chi connectivity index (χ1n) is 10.3. The number of carbonyl (C=O) groups is 2. The predicted molar refractivity (Wildman–Crippen MR) is 129 cm³/mol. The van der Waals surface area contributed by atoms with Gasteiger partial charge in [0.15, 0.2) is 5.78 Å². The molecule has 10 heteroatoms. The number of fused-ring (bicyclic) bond motifs is 1. The van der Waals surface area contributed by atoms with E-state index in [-0.39, 0.29) is 17.4 Å². The number of Topliss-reactive ketones (excluding diaryl/α,β-unsaturated/α-hetero) is 1. The van der Waals surface area contributed by atoms with Crippen molar-refractivity contribution in [1.82, 2.24) is 24.8 Å². The van der Waals surface area contributed by atoms with Crippen LogP contribution in [0.3, 0.4) is 0 Å². The lowest BCUT2D eigenvalue weighted by Gasteiger charge is -2.08. The van der Waals surface area contributed by atoms with Gasteiger partial charge in [-0.05, 0) is 44.2 Å². The fourth-order valence-electron chi connectivity index (χ4n) is 3.28. The van der Waals surface area contributed by atoms with E-state index in [1.165, 1.54) is 23.1 Å². The smallest absolute Gasteiger partial charge is 0.269 e. The predicted octanol–water partition coefficient (Wildman–Crippen LogP) is 4.13. The number of methoxy groups -OCH3 is 1. The number of nitrogens with one attached hydrogen (secondary N) is 1. The molecule has 1 N–H and O–H groups in total. The van der Waals surface area contributed by atoms with Gasteiger partial charge < -0.3 is 14.6 Å². The summed E-state index contributed by atoms with van der Waals surface area (Å²) >= 11 is 2.77. The van der Waals surface area contributed by atoms with Crippen LogP contribution in [0.15, 0.2) is 47.9 Å². The highest BCUT2D eigenvalue weighted by Gasteiger charge is 2.15. The molecular formula is C23H23N5O3S2. The second kappa shape index (κ2) is 10.1. The van der Waals surface area contributed by atoms with Crippen molar-refractivity contribution in [2.75, 3.05) is 12.9 Å². The van der Waals surface area contributed by atoms with Gasteiger partial charge in [0.25, 0.3) is 5.91 Å². The van der Waals surface area contributed by atoms with E-state index in [2.05, 4.69) is 20.3 Å². The molecule has 0 radical (unpaired) electrons. The molecule has 0 aliphatic heterocycles. The van der Waals surface area contributed by atoms with Gasteiger partial charge in [-0.2, -0.15) is 0 Å². The molecule has 33 heavy (non-hydrogen) atoms. The number of rotatable bonds is 9. The van der Waals surface area contributed by atoms with Crippen LogP contribution in [-0.2, 0) is 13.1 Å². The summed E-state index contributed by atoms with van der Waals surface area (Å²) in [6, 6.07) is 9.31. The molecule has 3 heterocycles. The molecule has 4 aromatic rings. The second-order valence-electron chi connectivity index (χ2n) is 7.18. The zero-order chi connectivity index (χ0) is 23.4. The minimum Gasteiger partial charge on any atom is -0.497 e. The second-order valence-corrected chi connectivity index (χ2v) is 9.32. The lowest BCUT2D eigenvalue weighted by atomic mass is 10.2. The molecular weight excluding hydrogens is 458 g/mol. The number of imidazole rings is 1. The first kappa shape index (κ1) is 22.9. The van der Waals surface area contributed by atoms with Gasteiger partial charge in [0.2, 0.25) is 0 Å². The topological polar surface area (TPSA) is 99.0 Å². The molecule has 1 amide bonds. The quantitative estimate of drug-likeness (QED) is 0.218. The first-order chi connectivity index (χ1) is 16.0. The molecule has 170 valence electrons. The van der Waals surface area contributed by atoms with E-state index in [1.807, 2.05) is 38.1 Å². The fourth-order valence-corrected chi connectivity index (χ4v) is 5.19. The minimum absolute atomic E-state index is 0.0129. The van der Waals surface area contributed by atoms with Gasteiger partial charge in [-0.15, -0.1) is 11.3 Å². The van der Waals surface area contributed by atoms with Crippen LogP contribution in [0.5, 0.6) is 5.75 Å². The van der Waals surface area contributed by atoms with Crippen LogP contribution >= 0.6 is 23.1 Å². The Bertz CT molecular complexity index is 1310. The molecule has 4 rings (SSSR count). The molecule has 8 nitrogen and oxygen atoms in total. The van der Waals surface area contributed by atoms with Crippen molar-refractivity contribution in [2.24, 2.45) is 0 Å². The Morgan fingerprint density at radius 3 is 2.85 bits per heavy atom.